The second-order valence-corrected chi connectivity index (χ2v) is 2.71. The Labute approximate surface area is 76.6 Å². The zero-order chi connectivity index (χ0) is 9.52. The van der Waals surface area contributed by atoms with E-state index in [-0.39, 0.29) is 18.4 Å². The Kier molecular flexibility index (Phi) is 4.23. The van der Waals surface area contributed by atoms with Crippen molar-refractivity contribution in [1.29, 1.82) is 5.26 Å². The Bertz CT molecular complexity index is 206. The Morgan fingerprint density at radius 2 is 2.46 bits per heavy atom. The van der Waals surface area contributed by atoms with Crippen LogP contribution in [0.3, 0.4) is 0 Å². The lowest BCUT2D eigenvalue weighted by Crippen LogP contribution is -2.39. The summed E-state index contributed by atoms with van der Waals surface area (Å²) in [5.41, 5.74) is 0. The first-order valence-corrected chi connectivity index (χ1v) is 4.16. The molecule has 1 aliphatic rings. The molecule has 0 saturated carbocycles. The number of amides is 1. The summed E-state index contributed by atoms with van der Waals surface area (Å²) in [6, 6.07) is 1.77. The van der Waals surface area contributed by atoms with Crippen LogP contribution in [0.25, 0.3) is 0 Å². The third-order valence-electron chi connectivity index (χ3n) is 1.65. The summed E-state index contributed by atoms with van der Waals surface area (Å²) in [4.78, 5) is 10.9. The maximum absolute atomic E-state index is 10.9. The average molecular weight is 184 g/mol. The summed E-state index contributed by atoms with van der Waals surface area (Å²) < 4.78 is 10.4. The summed E-state index contributed by atoms with van der Waals surface area (Å²) >= 11 is 0. The maximum Gasteiger partial charge on any atom is 0.234 e. The highest BCUT2D eigenvalue weighted by molar-refractivity contribution is 5.77. The van der Waals surface area contributed by atoms with Crippen LogP contribution in [0.4, 0.5) is 0 Å². The van der Waals surface area contributed by atoms with Crippen molar-refractivity contribution < 1.29 is 14.3 Å². The van der Waals surface area contributed by atoms with Crippen molar-refractivity contribution in [2.24, 2.45) is 0 Å². The molecule has 0 aromatic carbocycles. The fraction of sp³-hybridized carbons (Fsp3) is 0.750. The minimum absolute atomic E-state index is 0.0728. The van der Waals surface area contributed by atoms with Crippen molar-refractivity contribution in [2.75, 3.05) is 26.4 Å². The van der Waals surface area contributed by atoms with Crippen molar-refractivity contribution in [2.45, 2.75) is 12.5 Å². The molecule has 0 spiro atoms. The van der Waals surface area contributed by atoms with Gasteiger partial charge in [-0.1, -0.05) is 0 Å². The molecule has 1 saturated heterocycles. The first-order chi connectivity index (χ1) is 6.33. The summed E-state index contributed by atoms with van der Waals surface area (Å²) in [5.74, 6) is -0.267. The van der Waals surface area contributed by atoms with Crippen LogP contribution in [-0.2, 0) is 14.3 Å². The van der Waals surface area contributed by atoms with Gasteiger partial charge in [-0.25, -0.2) is 0 Å². The second-order valence-electron chi connectivity index (χ2n) is 2.71. The molecule has 1 N–H and O–H groups in total. The van der Waals surface area contributed by atoms with E-state index in [2.05, 4.69) is 5.32 Å². The lowest BCUT2D eigenvalue weighted by atomic mass is 10.3. The van der Waals surface area contributed by atoms with Gasteiger partial charge < -0.3 is 14.8 Å². The molecular formula is C8H12N2O3. The van der Waals surface area contributed by atoms with Gasteiger partial charge in [-0.2, -0.15) is 5.26 Å². The molecule has 1 rings (SSSR count). The minimum atomic E-state index is -0.267. The molecule has 0 aliphatic carbocycles. The highest BCUT2D eigenvalue weighted by Gasteiger charge is 2.14. The van der Waals surface area contributed by atoms with Gasteiger partial charge in [0.15, 0.2) is 0 Å². The van der Waals surface area contributed by atoms with Crippen LogP contribution < -0.4 is 5.32 Å². The standard InChI is InChI=1S/C8H12N2O3/c9-2-1-8(11)10-5-7-6-12-3-4-13-7/h7H,1,3-6H2,(H,10,11). The molecule has 0 aromatic rings. The van der Waals surface area contributed by atoms with E-state index in [9.17, 15) is 4.79 Å². The van der Waals surface area contributed by atoms with E-state index in [0.717, 1.165) is 0 Å². The van der Waals surface area contributed by atoms with E-state index in [1.165, 1.54) is 0 Å². The molecule has 0 aromatic heterocycles. The molecule has 5 nitrogen and oxygen atoms in total. The summed E-state index contributed by atoms with van der Waals surface area (Å²) in [6.45, 7) is 2.11. The number of carbonyl (C=O) groups excluding carboxylic acids is 1. The molecule has 0 radical (unpaired) electrons. The first kappa shape index (κ1) is 9.96. The number of nitrogens with zero attached hydrogens (tertiary/aromatic N) is 1. The van der Waals surface area contributed by atoms with Gasteiger partial charge in [0, 0.05) is 6.54 Å². The van der Waals surface area contributed by atoms with Crippen LogP contribution in [-0.4, -0.2) is 38.4 Å². The van der Waals surface area contributed by atoms with Gasteiger partial charge in [0.25, 0.3) is 0 Å². The Balaban J connectivity index is 2.10. The van der Waals surface area contributed by atoms with Gasteiger partial charge in [-0.05, 0) is 0 Å². The molecule has 5 heteroatoms. The van der Waals surface area contributed by atoms with Gasteiger partial charge in [-0.3, -0.25) is 4.79 Å². The zero-order valence-corrected chi connectivity index (χ0v) is 7.28. The van der Waals surface area contributed by atoms with Crippen LogP contribution in [0.2, 0.25) is 0 Å². The summed E-state index contributed by atoms with van der Waals surface area (Å²) in [6.07, 6.45) is -0.176. The molecule has 1 fully saturated rings. The molecule has 0 bridgehead atoms. The Morgan fingerprint density at radius 3 is 3.08 bits per heavy atom. The van der Waals surface area contributed by atoms with Gasteiger partial charge in [0.1, 0.15) is 6.42 Å². The predicted octanol–water partition coefficient (Wildman–Crippen LogP) is -0.568. The Hall–Kier alpha value is -1.12. The number of nitriles is 1. The van der Waals surface area contributed by atoms with Crippen molar-refractivity contribution in [3.8, 4) is 6.07 Å². The molecule has 1 aliphatic heterocycles. The maximum atomic E-state index is 10.9. The largest absolute Gasteiger partial charge is 0.376 e. The molecule has 13 heavy (non-hydrogen) atoms. The number of hydrogen-bond donors (Lipinski definition) is 1. The molecule has 1 atom stereocenters. The van der Waals surface area contributed by atoms with Crippen LogP contribution in [0.5, 0.6) is 0 Å². The van der Waals surface area contributed by atoms with Crippen molar-refractivity contribution >= 4 is 5.91 Å². The molecule has 1 amide bonds. The van der Waals surface area contributed by atoms with E-state index in [1.54, 1.807) is 6.07 Å². The minimum Gasteiger partial charge on any atom is -0.376 e. The number of rotatable bonds is 3. The molecule has 1 unspecified atom stereocenters. The van der Waals surface area contributed by atoms with E-state index in [4.69, 9.17) is 14.7 Å². The summed E-state index contributed by atoms with van der Waals surface area (Å²) in [7, 11) is 0. The quantitative estimate of drug-likeness (QED) is 0.637. The van der Waals surface area contributed by atoms with Crippen molar-refractivity contribution in [3.63, 3.8) is 0 Å². The van der Waals surface area contributed by atoms with Gasteiger partial charge in [0.05, 0.1) is 32.0 Å². The second kappa shape index (κ2) is 5.51. The average Bonchev–Trinajstić information content (AvgIpc) is 2.17. The lowest BCUT2D eigenvalue weighted by molar-refractivity contribution is -0.123. The number of nitrogens with one attached hydrogen (secondary N) is 1. The molecule has 72 valence electrons. The number of carbonyl (C=O) groups is 1. The number of hydrogen-bond acceptors (Lipinski definition) is 4. The highest BCUT2D eigenvalue weighted by Crippen LogP contribution is 1.98. The van der Waals surface area contributed by atoms with Crippen LogP contribution in [0.15, 0.2) is 0 Å². The predicted molar refractivity (Wildman–Crippen MR) is 43.8 cm³/mol. The highest BCUT2D eigenvalue weighted by atomic mass is 16.6. The fourth-order valence-corrected chi connectivity index (χ4v) is 1.02. The molecule has 1 heterocycles. The third-order valence-corrected chi connectivity index (χ3v) is 1.65. The smallest absolute Gasteiger partial charge is 0.234 e. The zero-order valence-electron chi connectivity index (χ0n) is 7.28. The Morgan fingerprint density at radius 1 is 1.62 bits per heavy atom. The van der Waals surface area contributed by atoms with E-state index in [1.807, 2.05) is 0 Å². The summed E-state index contributed by atoms with van der Waals surface area (Å²) in [5, 5.41) is 10.8. The topological polar surface area (TPSA) is 71.4 Å². The molecular weight excluding hydrogens is 172 g/mol. The van der Waals surface area contributed by atoms with Gasteiger partial charge in [0.2, 0.25) is 5.91 Å². The number of ether oxygens (including phenoxy) is 2. The van der Waals surface area contributed by atoms with E-state index >= 15 is 0 Å². The van der Waals surface area contributed by atoms with E-state index in [0.29, 0.717) is 26.4 Å². The normalized spacial score (nSPS) is 21.9. The van der Waals surface area contributed by atoms with Crippen LogP contribution in [0, 0.1) is 11.3 Å². The lowest BCUT2D eigenvalue weighted by Gasteiger charge is -2.22. The van der Waals surface area contributed by atoms with Crippen LogP contribution in [0.1, 0.15) is 6.42 Å². The SMILES string of the molecule is N#CCC(=O)NCC1COCCO1. The van der Waals surface area contributed by atoms with E-state index < -0.39 is 0 Å². The third kappa shape index (κ3) is 3.87. The van der Waals surface area contributed by atoms with Crippen molar-refractivity contribution in [3.05, 3.63) is 0 Å². The van der Waals surface area contributed by atoms with Crippen molar-refractivity contribution in [1.82, 2.24) is 5.32 Å². The van der Waals surface area contributed by atoms with Crippen LogP contribution >= 0.6 is 0 Å². The van der Waals surface area contributed by atoms with Gasteiger partial charge >= 0.3 is 0 Å². The monoisotopic (exact) mass is 184 g/mol. The first-order valence-electron chi connectivity index (χ1n) is 4.16. The fourth-order valence-electron chi connectivity index (χ4n) is 1.02. The van der Waals surface area contributed by atoms with Gasteiger partial charge in [-0.15, -0.1) is 0 Å².